The highest BCUT2D eigenvalue weighted by Crippen LogP contribution is 2.26. The Kier molecular flexibility index (Phi) is 3.20. The first kappa shape index (κ1) is 11.3. The normalized spacial score (nSPS) is 13.6. The maximum absolute atomic E-state index is 9.43. The lowest BCUT2D eigenvalue weighted by Crippen LogP contribution is -2.22. The van der Waals surface area contributed by atoms with Crippen LogP contribution >= 0.6 is 0 Å². The predicted molar refractivity (Wildman–Crippen MR) is 67.3 cm³/mol. The van der Waals surface area contributed by atoms with Crippen LogP contribution in [0.1, 0.15) is 18.1 Å². The Morgan fingerprint density at radius 2 is 1.94 bits per heavy atom. The molecule has 17 heavy (non-hydrogen) atoms. The summed E-state index contributed by atoms with van der Waals surface area (Å²) in [6, 6.07) is 16.2. The molecular weight excluding hydrogens is 208 g/mol. The molecule has 1 atom stereocenters. The molecule has 0 aliphatic carbocycles. The van der Waals surface area contributed by atoms with Crippen molar-refractivity contribution in [3.05, 3.63) is 66.0 Å². The van der Waals surface area contributed by atoms with E-state index >= 15 is 0 Å². The first-order chi connectivity index (χ1) is 8.24. The Morgan fingerprint density at radius 3 is 2.53 bits per heavy atom. The van der Waals surface area contributed by atoms with Gasteiger partial charge in [-0.25, -0.2) is 0 Å². The average Bonchev–Trinajstić information content (AvgIpc) is 2.41. The highest BCUT2D eigenvalue weighted by Gasteiger charge is 2.26. The van der Waals surface area contributed by atoms with Crippen molar-refractivity contribution in [1.82, 2.24) is 4.98 Å². The van der Waals surface area contributed by atoms with E-state index in [1.165, 1.54) is 0 Å². The number of aromatic nitrogens is 1. The lowest BCUT2D eigenvalue weighted by molar-refractivity contribution is 0.605. The minimum Gasteiger partial charge on any atom is -0.264 e. The van der Waals surface area contributed by atoms with Crippen molar-refractivity contribution in [3.63, 3.8) is 0 Å². The summed E-state index contributed by atoms with van der Waals surface area (Å²) >= 11 is 0. The number of hydrogen-bond acceptors (Lipinski definition) is 2. The van der Waals surface area contributed by atoms with E-state index in [0.29, 0.717) is 6.42 Å². The van der Waals surface area contributed by atoms with E-state index in [4.69, 9.17) is 0 Å². The van der Waals surface area contributed by atoms with Crippen molar-refractivity contribution in [3.8, 4) is 6.07 Å². The predicted octanol–water partition coefficient (Wildman–Crippen LogP) is 3.11. The molecule has 0 spiro atoms. The summed E-state index contributed by atoms with van der Waals surface area (Å²) in [4.78, 5) is 4.09. The van der Waals surface area contributed by atoms with Crippen LogP contribution in [0.4, 0.5) is 0 Å². The van der Waals surface area contributed by atoms with Crippen LogP contribution in [0.3, 0.4) is 0 Å². The van der Waals surface area contributed by atoms with Crippen molar-refractivity contribution in [1.29, 1.82) is 5.26 Å². The van der Waals surface area contributed by atoms with E-state index in [9.17, 15) is 5.26 Å². The molecule has 84 valence electrons. The minimum atomic E-state index is -0.496. The Bertz CT molecular complexity index is 514. The summed E-state index contributed by atoms with van der Waals surface area (Å²) in [6.45, 7) is 1.97. The highest BCUT2D eigenvalue weighted by atomic mass is 14.6. The van der Waals surface area contributed by atoms with Crippen LogP contribution in [-0.4, -0.2) is 4.98 Å². The Hall–Kier alpha value is -2.14. The first-order valence-corrected chi connectivity index (χ1v) is 5.60. The topological polar surface area (TPSA) is 36.7 Å². The van der Waals surface area contributed by atoms with Gasteiger partial charge in [0.2, 0.25) is 0 Å². The molecule has 2 rings (SSSR count). The van der Waals surface area contributed by atoms with E-state index in [-0.39, 0.29) is 0 Å². The molecule has 1 heterocycles. The number of benzene rings is 1. The molecule has 2 nitrogen and oxygen atoms in total. The Morgan fingerprint density at radius 1 is 1.18 bits per heavy atom. The number of pyridine rings is 1. The molecule has 0 aliphatic rings. The first-order valence-electron chi connectivity index (χ1n) is 5.60. The molecule has 2 heteroatoms. The maximum Gasteiger partial charge on any atom is 0.0835 e. The Balaban J connectivity index is 2.31. The lowest BCUT2D eigenvalue weighted by atomic mass is 9.79. The molecule has 0 N–H and O–H groups in total. The van der Waals surface area contributed by atoms with Gasteiger partial charge in [-0.15, -0.1) is 0 Å². The van der Waals surface area contributed by atoms with Crippen molar-refractivity contribution in [2.75, 3.05) is 0 Å². The van der Waals surface area contributed by atoms with Crippen molar-refractivity contribution >= 4 is 0 Å². The second-order valence-electron chi connectivity index (χ2n) is 4.35. The van der Waals surface area contributed by atoms with Gasteiger partial charge in [-0.3, -0.25) is 4.98 Å². The van der Waals surface area contributed by atoms with Gasteiger partial charge >= 0.3 is 0 Å². The van der Waals surface area contributed by atoms with Gasteiger partial charge < -0.3 is 0 Å². The van der Waals surface area contributed by atoms with E-state index in [2.05, 4.69) is 11.1 Å². The fourth-order valence-corrected chi connectivity index (χ4v) is 1.92. The van der Waals surface area contributed by atoms with Crippen LogP contribution in [0.2, 0.25) is 0 Å². The molecule has 0 bridgehead atoms. The average molecular weight is 222 g/mol. The van der Waals surface area contributed by atoms with Gasteiger partial charge in [0.25, 0.3) is 0 Å². The zero-order valence-electron chi connectivity index (χ0n) is 9.80. The van der Waals surface area contributed by atoms with E-state index in [0.717, 1.165) is 11.1 Å². The molecule has 2 aromatic rings. The molecule has 0 fully saturated rings. The van der Waals surface area contributed by atoms with Gasteiger partial charge in [0.1, 0.15) is 0 Å². The van der Waals surface area contributed by atoms with Crippen LogP contribution in [0.15, 0.2) is 54.9 Å². The van der Waals surface area contributed by atoms with Crippen molar-refractivity contribution in [2.24, 2.45) is 0 Å². The zero-order valence-corrected chi connectivity index (χ0v) is 9.80. The highest BCUT2D eigenvalue weighted by molar-refractivity contribution is 5.34. The molecular formula is C15H14N2. The van der Waals surface area contributed by atoms with E-state index < -0.39 is 5.41 Å². The molecule has 1 aromatic heterocycles. The van der Waals surface area contributed by atoms with Crippen LogP contribution in [0.5, 0.6) is 0 Å². The number of nitrogens with zero attached hydrogens (tertiary/aromatic N) is 2. The second kappa shape index (κ2) is 4.80. The summed E-state index contributed by atoms with van der Waals surface area (Å²) in [5, 5.41) is 9.43. The quantitative estimate of drug-likeness (QED) is 0.800. The standard InChI is InChI=1S/C15H14N2/c1-15(12-16,14-7-3-2-4-8-14)10-13-6-5-9-17-11-13/h2-9,11H,10H2,1H3. The van der Waals surface area contributed by atoms with Crippen molar-refractivity contribution < 1.29 is 0 Å². The number of nitriles is 1. The summed E-state index contributed by atoms with van der Waals surface area (Å²) in [7, 11) is 0. The largest absolute Gasteiger partial charge is 0.264 e. The molecule has 1 unspecified atom stereocenters. The summed E-state index contributed by atoms with van der Waals surface area (Å²) in [6.07, 6.45) is 4.25. The smallest absolute Gasteiger partial charge is 0.0835 e. The molecule has 0 saturated heterocycles. The van der Waals surface area contributed by atoms with Crippen molar-refractivity contribution in [2.45, 2.75) is 18.8 Å². The number of hydrogen-bond donors (Lipinski definition) is 0. The summed E-state index contributed by atoms with van der Waals surface area (Å²) in [5.41, 5.74) is 1.64. The number of rotatable bonds is 3. The fourth-order valence-electron chi connectivity index (χ4n) is 1.92. The molecule has 0 radical (unpaired) electrons. The third kappa shape index (κ3) is 2.51. The summed E-state index contributed by atoms with van der Waals surface area (Å²) in [5.74, 6) is 0. The fraction of sp³-hybridized carbons (Fsp3) is 0.200. The van der Waals surface area contributed by atoms with Crippen LogP contribution in [0.25, 0.3) is 0 Å². The lowest BCUT2D eigenvalue weighted by Gasteiger charge is -2.21. The van der Waals surface area contributed by atoms with Gasteiger partial charge in [0, 0.05) is 12.4 Å². The third-order valence-corrected chi connectivity index (χ3v) is 2.94. The minimum absolute atomic E-state index is 0.496. The van der Waals surface area contributed by atoms with Gasteiger partial charge in [-0.2, -0.15) is 5.26 Å². The monoisotopic (exact) mass is 222 g/mol. The zero-order chi connectivity index (χ0) is 12.1. The van der Waals surface area contributed by atoms with Gasteiger partial charge in [0.05, 0.1) is 11.5 Å². The summed E-state index contributed by atoms with van der Waals surface area (Å²) < 4.78 is 0. The SMILES string of the molecule is CC(C#N)(Cc1cccnc1)c1ccccc1. The maximum atomic E-state index is 9.43. The van der Waals surface area contributed by atoms with E-state index in [1.54, 1.807) is 6.20 Å². The third-order valence-electron chi connectivity index (χ3n) is 2.94. The van der Waals surface area contributed by atoms with E-state index in [1.807, 2.05) is 55.6 Å². The second-order valence-corrected chi connectivity index (χ2v) is 4.35. The molecule has 1 aromatic carbocycles. The molecule has 0 aliphatic heterocycles. The van der Waals surface area contributed by atoms with Crippen LogP contribution < -0.4 is 0 Å². The van der Waals surface area contributed by atoms with Crippen LogP contribution in [-0.2, 0) is 11.8 Å². The Labute approximate surface area is 102 Å². The van der Waals surface area contributed by atoms with Gasteiger partial charge in [0.15, 0.2) is 0 Å². The molecule has 0 amide bonds. The van der Waals surface area contributed by atoms with Crippen LogP contribution in [0, 0.1) is 11.3 Å². The van der Waals surface area contributed by atoms with Gasteiger partial charge in [-0.05, 0) is 30.5 Å². The van der Waals surface area contributed by atoms with Gasteiger partial charge in [-0.1, -0.05) is 36.4 Å². The molecule has 0 saturated carbocycles.